The number of pyridine rings is 1. The van der Waals surface area contributed by atoms with E-state index in [-0.39, 0.29) is 16.2 Å². The fourth-order valence-corrected chi connectivity index (χ4v) is 4.93. The third-order valence-corrected chi connectivity index (χ3v) is 6.83. The summed E-state index contributed by atoms with van der Waals surface area (Å²) in [5, 5.41) is 0.590. The van der Waals surface area contributed by atoms with Gasteiger partial charge in [-0.05, 0) is 36.8 Å². The van der Waals surface area contributed by atoms with Crippen molar-refractivity contribution in [2.24, 2.45) is 5.73 Å². The minimum absolute atomic E-state index is 0.0378. The van der Waals surface area contributed by atoms with Gasteiger partial charge in [0.15, 0.2) is 0 Å². The molecule has 0 aliphatic heterocycles. The number of carbonyl (C=O) groups excluding carboxylic acids is 1. The van der Waals surface area contributed by atoms with E-state index in [2.05, 4.69) is 9.97 Å². The Balaban J connectivity index is 1.50. The van der Waals surface area contributed by atoms with Crippen LogP contribution in [0, 0.1) is 0 Å². The smallest absolute Gasteiger partial charge is 0.416 e. The molecule has 10 heteroatoms. The number of hydrogen-bond donors (Lipinski definition) is 1. The lowest BCUT2D eigenvalue weighted by molar-refractivity contribution is -0.138. The molecule has 0 radical (unpaired) electrons. The molecule has 2 N–H and O–H groups in total. The van der Waals surface area contributed by atoms with Crippen molar-refractivity contribution in [1.29, 1.82) is 0 Å². The average molecular weight is 509 g/mol. The van der Waals surface area contributed by atoms with Crippen LogP contribution in [0.4, 0.5) is 13.2 Å². The molecule has 182 valence electrons. The second kappa shape index (κ2) is 9.12. The summed E-state index contributed by atoms with van der Waals surface area (Å²) in [6.07, 6.45) is -0.444. The molecule has 0 bridgehead atoms. The number of ether oxygens (including phenoxy) is 1. The van der Waals surface area contributed by atoms with Crippen LogP contribution in [0.5, 0.6) is 5.75 Å². The second-order valence-corrected chi connectivity index (χ2v) is 9.08. The number of aromatic nitrogens is 3. The first kappa shape index (κ1) is 23.6. The van der Waals surface area contributed by atoms with Gasteiger partial charge in [-0.25, -0.2) is 4.98 Å². The largest absolute Gasteiger partial charge is 0.484 e. The Morgan fingerprint density at radius 2 is 1.89 bits per heavy atom. The monoisotopic (exact) mass is 508 g/mol. The van der Waals surface area contributed by atoms with Crippen LogP contribution < -0.4 is 10.5 Å². The molecule has 6 nitrogen and oxygen atoms in total. The Hall–Kier alpha value is -4.18. The first-order chi connectivity index (χ1) is 17.2. The summed E-state index contributed by atoms with van der Waals surface area (Å²) in [5.41, 5.74) is 8.14. The Labute approximate surface area is 207 Å². The first-order valence-corrected chi connectivity index (χ1v) is 11.7. The van der Waals surface area contributed by atoms with Crippen LogP contribution in [0.3, 0.4) is 0 Å². The molecule has 0 unspecified atom stereocenters. The van der Waals surface area contributed by atoms with E-state index in [4.69, 9.17) is 10.5 Å². The predicted molar refractivity (Wildman–Crippen MR) is 131 cm³/mol. The van der Waals surface area contributed by atoms with Crippen LogP contribution in [-0.2, 0) is 6.18 Å². The molecule has 0 saturated heterocycles. The van der Waals surface area contributed by atoms with Gasteiger partial charge in [-0.3, -0.25) is 14.3 Å². The third kappa shape index (κ3) is 4.42. The van der Waals surface area contributed by atoms with Gasteiger partial charge in [0.1, 0.15) is 28.1 Å². The Bertz CT molecular complexity index is 1560. The van der Waals surface area contributed by atoms with Crippen molar-refractivity contribution in [3.8, 4) is 21.9 Å². The maximum atomic E-state index is 13.5. The topological polar surface area (TPSA) is 83.0 Å². The van der Waals surface area contributed by atoms with Gasteiger partial charge in [-0.1, -0.05) is 30.3 Å². The SMILES string of the molecule is C[C@@H](Oc1cc(-n2cnc3cc(-c4cccnc4)ccc32)sc1C(N)=O)c1ccccc1C(F)(F)F. The summed E-state index contributed by atoms with van der Waals surface area (Å²) in [7, 11) is 0. The minimum Gasteiger partial charge on any atom is -0.484 e. The van der Waals surface area contributed by atoms with Gasteiger partial charge in [-0.2, -0.15) is 13.2 Å². The molecular formula is C26H19F3N4O2S. The van der Waals surface area contributed by atoms with Crippen molar-refractivity contribution >= 4 is 28.3 Å². The lowest BCUT2D eigenvalue weighted by Gasteiger charge is -2.19. The lowest BCUT2D eigenvalue weighted by atomic mass is 10.0. The average Bonchev–Trinajstić information content (AvgIpc) is 3.47. The van der Waals surface area contributed by atoms with Crippen LogP contribution in [0.25, 0.3) is 27.2 Å². The summed E-state index contributed by atoms with van der Waals surface area (Å²) in [5.74, 6) is -0.623. The number of primary amides is 1. The number of hydrogen-bond acceptors (Lipinski definition) is 5. The zero-order valence-electron chi connectivity index (χ0n) is 18.9. The van der Waals surface area contributed by atoms with E-state index >= 15 is 0 Å². The van der Waals surface area contributed by atoms with Crippen LogP contribution in [0.2, 0.25) is 0 Å². The Morgan fingerprint density at radius 3 is 2.61 bits per heavy atom. The molecule has 0 aliphatic rings. The van der Waals surface area contributed by atoms with E-state index in [1.807, 2.05) is 30.3 Å². The van der Waals surface area contributed by atoms with E-state index in [1.165, 1.54) is 25.1 Å². The zero-order chi connectivity index (χ0) is 25.4. The summed E-state index contributed by atoms with van der Waals surface area (Å²) in [6, 6.07) is 16.3. The number of amides is 1. The summed E-state index contributed by atoms with van der Waals surface area (Å²) >= 11 is 1.08. The maximum absolute atomic E-state index is 13.5. The van der Waals surface area contributed by atoms with Crippen LogP contribution in [0.15, 0.2) is 79.4 Å². The van der Waals surface area contributed by atoms with Gasteiger partial charge >= 0.3 is 6.18 Å². The molecule has 1 atom stereocenters. The third-order valence-electron chi connectivity index (χ3n) is 5.70. The van der Waals surface area contributed by atoms with Crippen molar-refractivity contribution in [3.63, 3.8) is 0 Å². The fraction of sp³-hybridized carbons (Fsp3) is 0.115. The molecular weight excluding hydrogens is 489 g/mol. The van der Waals surface area contributed by atoms with Crippen molar-refractivity contribution < 1.29 is 22.7 Å². The van der Waals surface area contributed by atoms with E-state index in [0.29, 0.717) is 5.00 Å². The Kier molecular flexibility index (Phi) is 5.97. The molecule has 1 amide bonds. The number of carbonyl (C=O) groups is 1. The van der Waals surface area contributed by atoms with E-state index < -0.39 is 23.8 Å². The molecule has 36 heavy (non-hydrogen) atoms. The molecule has 5 rings (SSSR count). The van der Waals surface area contributed by atoms with Gasteiger partial charge in [0.2, 0.25) is 0 Å². The maximum Gasteiger partial charge on any atom is 0.416 e. The number of benzene rings is 2. The number of fused-ring (bicyclic) bond motifs is 1. The van der Waals surface area contributed by atoms with Crippen LogP contribution >= 0.6 is 11.3 Å². The zero-order valence-corrected chi connectivity index (χ0v) is 19.7. The number of nitrogens with two attached hydrogens (primary N) is 1. The van der Waals surface area contributed by atoms with Crippen molar-refractivity contribution in [3.05, 3.63) is 95.4 Å². The van der Waals surface area contributed by atoms with Gasteiger partial charge in [-0.15, -0.1) is 11.3 Å². The molecule has 2 aromatic carbocycles. The molecule has 3 aromatic heterocycles. The number of halogens is 3. The molecule has 5 aromatic rings. The quantitative estimate of drug-likeness (QED) is 0.287. The fourth-order valence-electron chi connectivity index (χ4n) is 4.00. The summed E-state index contributed by atoms with van der Waals surface area (Å²) in [4.78, 5) is 20.9. The van der Waals surface area contributed by atoms with E-state index in [1.54, 1.807) is 29.4 Å². The summed E-state index contributed by atoms with van der Waals surface area (Å²) in [6.45, 7) is 1.50. The van der Waals surface area contributed by atoms with Gasteiger partial charge in [0.05, 0.1) is 16.6 Å². The predicted octanol–water partition coefficient (Wildman–Crippen LogP) is 6.41. The van der Waals surface area contributed by atoms with Gasteiger partial charge in [0.25, 0.3) is 5.91 Å². The van der Waals surface area contributed by atoms with Gasteiger partial charge < -0.3 is 10.5 Å². The molecule has 0 aliphatic carbocycles. The first-order valence-electron chi connectivity index (χ1n) is 10.9. The Morgan fingerprint density at radius 1 is 1.08 bits per heavy atom. The van der Waals surface area contributed by atoms with Gasteiger partial charge in [0, 0.05) is 29.6 Å². The number of rotatable bonds is 6. The normalized spacial score (nSPS) is 12.6. The number of thiophene rings is 1. The number of imidazole rings is 1. The standard InChI is InChI=1S/C26H19F3N4O2S/c1-15(18-6-2-3-7-19(18)26(27,28)29)35-22-12-23(36-24(22)25(30)34)33-14-32-20-11-16(8-9-21(20)33)17-5-4-10-31-13-17/h2-15H,1H3,(H2,30,34)/t15-/m1/s1. The molecule has 0 spiro atoms. The highest BCUT2D eigenvalue weighted by Crippen LogP contribution is 2.39. The van der Waals surface area contributed by atoms with E-state index in [9.17, 15) is 18.0 Å². The van der Waals surface area contributed by atoms with Crippen molar-refractivity contribution in [2.75, 3.05) is 0 Å². The highest BCUT2D eigenvalue weighted by molar-refractivity contribution is 7.16. The number of nitrogens with zero attached hydrogens (tertiary/aromatic N) is 3. The molecule has 3 heterocycles. The highest BCUT2D eigenvalue weighted by Gasteiger charge is 2.35. The lowest BCUT2D eigenvalue weighted by Crippen LogP contribution is -2.15. The number of alkyl halides is 3. The van der Waals surface area contributed by atoms with Crippen LogP contribution in [0.1, 0.15) is 33.8 Å². The van der Waals surface area contributed by atoms with Crippen LogP contribution in [-0.4, -0.2) is 20.4 Å². The highest BCUT2D eigenvalue weighted by atomic mass is 32.1. The van der Waals surface area contributed by atoms with Crippen molar-refractivity contribution in [2.45, 2.75) is 19.2 Å². The van der Waals surface area contributed by atoms with Crippen molar-refractivity contribution in [1.82, 2.24) is 14.5 Å². The second-order valence-electron chi connectivity index (χ2n) is 8.05. The van der Waals surface area contributed by atoms with E-state index in [0.717, 1.165) is 39.6 Å². The molecule has 0 fully saturated rings. The molecule has 0 saturated carbocycles. The minimum atomic E-state index is -4.54. The summed E-state index contributed by atoms with van der Waals surface area (Å²) < 4.78 is 48.1.